The van der Waals surface area contributed by atoms with Crippen LogP contribution in [0.15, 0.2) is 27.1 Å². The molecule has 1 heterocycles. The molecule has 4 heteroatoms. The van der Waals surface area contributed by atoms with Crippen molar-refractivity contribution in [2.24, 2.45) is 0 Å². The van der Waals surface area contributed by atoms with Gasteiger partial charge in [0.25, 0.3) is 0 Å². The molecule has 0 bridgehead atoms. The van der Waals surface area contributed by atoms with Crippen molar-refractivity contribution in [3.05, 3.63) is 28.6 Å². The van der Waals surface area contributed by atoms with Crippen molar-refractivity contribution in [2.75, 3.05) is 7.05 Å². The lowest BCUT2D eigenvalue weighted by molar-refractivity contribution is 0.511. The van der Waals surface area contributed by atoms with Gasteiger partial charge in [0.15, 0.2) is 5.58 Å². The van der Waals surface area contributed by atoms with Crippen molar-refractivity contribution >= 4 is 27.0 Å². The molecule has 2 aromatic rings. The summed E-state index contributed by atoms with van der Waals surface area (Å²) in [7, 11) is 1.87. The van der Waals surface area contributed by atoms with E-state index in [0.29, 0.717) is 6.54 Å². The SMILES string of the molecule is CNCc1nc2cc(Br)ccc2o1. The molecule has 0 atom stereocenters. The van der Waals surface area contributed by atoms with Gasteiger partial charge >= 0.3 is 0 Å². The number of oxazole rings is 1. The Morgan fingerprint density at radius 2 is 2.38 bits per heavy atom. The molecule has 0 aliphatic rings. The van der Waals surface area contributed by atoms with Crippen LogP contribution in [0.2, 0.25) is 0 Å². The third-order valence-electron chi connectivity index (χ3n) is 1.72. The molecule has 13 heavy (non-hydrogen) atoms. The van der Waals surface area contributed by atoms with Crippen molar-refractivity contribution in [2.45, 2.75) is 6.54 Å². The summed E-state index contributed by atoms with van der Waals surface area (Å²) in [5, 5.41) is 2.99. The van der Waals surface area contributed by atoms with Crippen LogP contribution in [0.25, 0.3) is 11.1 Å². The van der Waals surface area contributed by atoms with E-state index < -0.39 is 0 Å². The van der Waals surface area contributed by atoms with E-state index in [-0.39, 0.29) is 0 Å². The number of nitrogens with zero attached hydrogens (tertiary/aromatic N) is 1. The zero-order valence-electron chi connectivity index (χ0n) is 7.17. The Kier molecular flexibility index (Phi) is 2.33. The Balaban J connectivity index is 2.49. The van der Waals surface area contributed by atoms with Crippen LogP contribution < -0.4 is 5.32 Å². The zero-order valence-corrected chi connectivity index (χ0v) is 8.76. The second kappa shape index (κ2) is 3.47. The van der Waals surface area contributed by atoms with Crippen LogP contribution in [0, 0.1) is 0 Å². The summed E-state index contributed by atoms with van der Waals surface area (Å²) in [6.45, 7) is 0.659. The zero-order chi connectivity index (χ0) is 9.26. The molecule has 0 radical (unpaired) electrons. The lowest BCUT2D eigenvalue weighted by Crippen LogP contribution is -2.04. The van der Waals surface area contributed by atoms with Gasteiger partial charge in [-0.15, -0.1) is 0 Å². The number of fused-ring (bicyclic) bond motifs is 1. The number of aromatic nitrogens is 1. The van der Waals surface area contributed by atoms with E-state index in [1.165, 1.54) is 0 Å². The van der Waals surface area contributed by atoms with Crippen molar-refractivity contribution in [1.82, 2.24) is 10.3 Å². The van der Waals surface area contributed by atoms with Crippen molar-refractivity contribution in [3.63, 3.8) is 0 Å². The number of hydrogen-bond donors (Lipinski definition) is 1. The lowest BCUT2D eigenvalue weighted by Gasteiger charge is -1.88. The first kappa shape index (κ1) is 8.72. The van der Waals surface area contributed by atoms with Gasteiger partial charge in [0.2, 0.25) is 5.89 Å². The minimum Gasteiger partial charge on any atom is -0.439 e. The van der Waals surface area contributed by atoms with Gasteiger partial charge in [-0.05, 0) is 25.2 Å². The molecular weight excluding hydrogens is 232 g/mol. The number of halogens is 1. The van der Waals surface area contributed by atoms with Crippen molar-refractivity contribution in [3.8, 4) is 0 Å². The topological polar surface area (TPSA) is 38.1 Å². The molecular formula is C9H9BrN2O. The maximum Gasteiger partial charge on any atom is 0.209 e. The van der Waals surface area contributed by atoms with E-state index >= 15 is 0 Å². The second-order valence-electron chi connectivity index (χ2n) is 2.75. The molecule has 0 aliphatic heterocycles. The molecule has 1 aromatic carbocycles. The monoisotopic (exact) mass is 240 g/mol. The van der Waals surface area contributed by atoms with Gasteiger partial charge in [0.05, 0.1) is 6.54 Å². The molecule has 1 aromatic heterocycles. The van der Waals surface area contributed by atoms with Crippen molar-refractivity contribution in [1.29, 1.82) is 0 Å². The third kappa shape index (κ3) is 1.73. The first-order valence-corrected chi connectivity index (χ1v) is 4.78. The molecule has 0 saturated heterocycles. The van der Waals surface area contributed by atoms with E-state index in [2.05, 4.69) is 26.2 Å². The molecule has 1 N–H and O–H groups in total. The molecule has 0 amide bonds. The predicted octanol–water partition coefficient (Wildman–Crippen LogP) is 2.31. The Labute approximate surface area is 84.3 Å². The molecule has 0 fully saturated rings. The van der Waals surface area contributed by atoms with Crippen LogP contribution >= 0.6 is 15.9 Å². The molecule has 0 aliphatic carbocycles. The first-order chi connectivity index (χ1) is 6.29. The summed E-state index contributed by atoms with van der Waals surface area (Å²) < 4.78 is 6.49. The molecule has 68 valence electrons. The number of benzene rings is 1. The lowest BCUT2D eigenvalue weighted by atomic mass is 10.3. The highest BCUT2D eigenvalue weighted by Gasteiger charge is 2.03. The fourth-order valence-corrected chi connectivity index (χ4v) is 1.52. The van der Waals surface area contributed by atoms with E-state index in [1.54, 1.807) is 0 Å². The van der Waals surface area contributed by atoms with Gasteiger partial charge in [-0.2, -0.15) is 0 Å². The van der Waals surface area contributed by atoms with Gasteiger partial charge in [0.1, 0.15) is 5.52 Å². The van der Waals surface area contributed by atoms with Gasteiger partial charge in [0, 0.05) is 4.47 Å². The summed E-state index contributed by atoms with van der Waals surface area (Å²) in [4.78, 5) is 4.30. The van der Waals surface area contributed by atoms with E-state index in [4.69, 9.17) is 4.42 Å². The Morgan fingerprint density at radius 3 is 3.15 bits per heavy atom. The largest absolute Gasteiger partial charge is 0.439 e. The van der Waals surface area contributed by atoms with Crippen LogP contribution in [0.1, 0.15) is 5.89 Å². The van der Waals surface area contributed by atoms with Crippen LogP contribution in [0.4, 0.5) is 0 Å². The average molecular weight is 241 g/mol. The smallest absolute Gasteiger partial charge is 0.209 e. The first-order valence-electron chi connectivity index (χ1n) is 3.99. The maximum absolute atomic E-state index is 5.47. The fourth-order valence-electron chi connectivity index (χ4n) is 1.18. The fraction of sp³-hybridized carbons (Fsp3) is 0.222. The summed E-state index contributed by atoms with van der Waals surface area (Å²) in [6, 6.07) is 5.79. The number of rotatable bonds is 2. The van der Waals surface area contributed by atoms with Gasteiger partial charge < -0.3 is 9.73 Å². The molecule has 0 spiro atoms. The van der Waals surface area contributed by atoms with Crippen LogP contribution in [0.5, 0.6) is 0 Å². The van der Waals surface area contributed by atoms with Crippen LogP contribution in [-0.2, 0) is 6.54 Å². The highest BCUT2D eigenvalue weighted by Crippen LogP contribution is 2.19. The molecule has 3 nitrogen and oxygen atoms in total. The normalized spacial score (nSPS) is 10.9. The Bertz CT molecular complexity index is 424. The van der Waals surface area contributed by atoms with Gasteiger partial charge in [-0.25, -0.2) is 4.98 Å². The predicted molar refractivity (Wildman–Crippen MR) is 54.5 cm³/mol. The summed E-state index contributed by atoms with van der Waals surface area (Å²) >= 11 is 3.38. The Morgan fingerprint density at radius 1 is 1.54 bits per heavy atom. The maximum atomic E-state index is 5.47. The standard InChI is InChI=1S/C9H9BrN2O/c1-11-5-9-12-7-4-6(10)2-3-8(7)13-9/h2-4,11H,5H2,1H3. The quantitative estimate of drug-likeness (QED) is 0.876. The van der Waals surface area contributed by atoms with Gasteiger partial charge in [-0.3, -0.25) is 0 Å². The number of nitrogens with one attached hydrogen (secondary N) is 1. The molecule has 2 rings (SSSR count). The van der Waals surface area contributed by atoms with Gasteiger partial charge in [-0.1, -0.05) is 15.9 Å². The van der Waals surface area contributed by atoms with Crippen molar-refractivity contribution < 1.29 is 4.42 Å². The van der Waals surface area contributed by atoms with E-state index in [0.717, 1.165) is 21.5 Å². The minimum absolute atomic E-state index is 0.659. The average Bonchev–Trinajstić information content (AvgIpc) is 2.46. The highest BCUT2D eigenvalue weighted by molar-refractivity contribution is 9.10. The van der Waals surface area contributed by atoms with E-state index in [9.17, 15) is 0 Å². The third-order valence-corrected chi connectivity index (χ3v) is 2.22. The van der Waals surface area contributed by atoms with Crippen LogP contribution in [0.3, 0.4) is 0 Å². The minimum atomic E-state index is 0.659. The summed E-state index contributed by atoms with van der Waals surface area (Å²) in [5.41, 5.74) is 1.72. The Hall–Kier alpha value is -0.870. The highest BCUT2D eigenvalue weighted by atomic mass is 79.9. The van der Waals surface area contributed by atoms with Crippen LogP contribution in [-0.4, -0.2) is 12.0 Å². The summed E-state index contributed by atoms with van der Waals surface area (Å²) in [6.07, 6.45) is 0. The number of hydrogen-bond acceptors (Lipinski definition) is 3. The van der Waals surface area contributed by atoms with E-state index in [1.807, 2.05) is 25.2 Å². The molecule has 0 saturated carbocycles. The molecule has 0 unspecified atom stereocenters. The second-order valence-corrected chi connectivity index (χ2v) is 3.67. The summed E-state index contributed by atoms with van der Waals surface area (Å²) in [5.74, 6) is 0.718.